The number of aliphatic imine (C=N–C) groups is 1. The molecule has 0 spiro atoms. The Hall–Kier alpha value is -2.82. The number of nitrogens with zero attached hydrogens (tertiary/aromatic N) is 3. The van der Waals surface area contributed by atoms with E-state index >= 15 is 0 Å². The van der Waals surface area contributed by atoms with Crippen LogP contribution in [0.3, 0.4) is 0 Å². The summed E-state index contributed by atoms with van der Waals surface area (Å²) >= 11 is 0. The number of pyridine rings is 1. The van der Waals surface area contributed by atoms with Crippen LogP contribution in [-0.2, 0) is 25.9 Å². The highest BCUT2D eigenvalue weighted by molar-refractivity contribution is 14.0. The van der Waals surface area contributed by atoms with E-state index in [1.165, 1.54) is 0 Å². The molecule has 0 atom stereocenters. The molecule has 8 nitrogen and oxygen atoms in total. The first kappa shape index (κ1) is 26.4. The monoisotopic (exact) mass is 565 g/mol. The molecule has 178 valence electrons. The quantitative estimate of drug-likeness (QED) is 0.206. The summed E-state index contributed by atoms with van der Waals surface area (Å²) in [6.07, 6.45) is 3.42. The van der Waals surface area contributed by atoms with E-state index in [0.29, 0.717) is 24.7 Å². The summed E-state index contributed by atoms with van der Waals surface area (Å²) in [5, 5.41) is 10.8. The minimum atomic E-state index is 0. The van der Waals surface area contributed by atoms with Crippen LogP contribution in [0.1, 0.15) is 43.4 Å². The molecule has 2 N–H and O–H groups in total. The van der Waals surface area contributed by atoms with E-state index in [4.69, 9.17) is 14.0 Å². The van der Waals surface area contributed by atoms with Crippen LogP contribution >= 0.6 is 24.0 Å². The smallest absolute Gasteiger partial charge is 0.219 e. The van der Waals surface area contributed by atoms with E-state index in [-0.39, 0.29) is 24.0 Å². The number of ether oxygens (including phenoxy) is 2. The number of methoxy groups -OCH3 is 1. The third kappa shape index (κ3) is 7.62. The molecule has 0 radical (unpaired) electrons. The lowest BCUT2D eigenvalue weighted by Gasteiger charge is -2.12. The Bertz CT molecular complexity index is 1000. The SMILES string of the molecule is CCNC(=NCc1ccc(Oc2cccc(OC)c2)nc1)NCc1c(CC)noc1CC.I. The molecule has 0 fully saturated rings. The zero-order chi connectivity index (χ0) is 22.8. The molecule has 0 unspecified atom stereocenters. The van der Waals surface area contributed by atoms with Crippen LogP contribution in [0.2, 0.25) is 0 Å². The van der Waals surface area contributed by atoms with Crippen LogP contribution in [0.15, 0.2) is 52.1 Å². The number of hydrogen-bond donors (Lipinski definition) is 2. The molecule has 0 saturated heterocycles. The van der Waals surface area contributed by atoms with Gasteiger partial charge in [0, 0.05) is 43.4 Å². The van der Waals surface area contributed by atoms with Crippen LogP contribution in [0.5, 0.6) is 17.4 Å². The highest BCUT2D eigenvalue weighted by atomic mass is 127. The molecule has 0 aliphatic rings. The second-order valence-electron chi connectivity index (χ2n) is 7.07. The fourth-order valence-electron chi connectivity index (χ4n) is 3.17. The van der Waals surface area contributed by atoms with Gasteiger partial charge in [0.05, 0.1) is 19.3 Å². The fourth-order valence-corrected chi connectivity index (χ4v) is 3.17. The van der Waals surface area contributed by atoms with Crippen molar-refractivity contribution in [2.45, 2.75) is 46.7 Å². The zero-order valence-corrected chi connectivity index (χ0v) is 21.9. The lowest BCUT2D eigenvalue weighted by molar-refractivity contribution is 0.380. The van der Waals surface area contributed by atoms with Gasteiger partial charge in [0.25, 0.3) is 0 Å². The predicted molar refractivity (Wildman–Crippen MR) is 140 cm³/mol. The van der Waals surface area contributed by atoms with Crippen LogP contribution in [0.25, 0.3) is 0 Å². The van der Waals surface area contributed by atoms with Gasteiger partial charge < -0.3 is 24.6 Å². The number of halogens is 1. The topological polar surface area (TPSA) is 93.8 Å². The van der Waals surface area contributed by atoms with Crippen molar-refractivity contribution in [2.75, 3.05) is 13.7 Å². The summed E-state index contributed by atoms with van der Waals surface area (Å²) in [7, 11) is 1.63. The first-order chi connectivity index (χ1) is 15.7. The predicted octanol–water partition coefficient (Wildman–Crippen LogP) is 4.87. The average Bonchev–Trinajstić information content (AvgIpc) is 3.24. The van der Waals surface area contributed by atoms with E-state index in [2.05, 4.69) is 39.6 Å². The lowest BCUT2D eigenvalue weighted by atomic mass is 10.1. The van der Waals surface area contributed by atoms with Gasteiger partial charge >= 0.3 is 0 Å². The number of guanidine groups is 1. The van der Waals surface area contributed by atoms with E-state index in [1.54, 1.807) is 13.3 Å². The van der Waals surface area contributed by atoms with Gasteiger partial charge in [0.15, 0.2) is 5.96 Å². The molecular weight excluding hydrogens is 533 g/mol. The maximum absolute atomic E-state index is 5.80. The Morgan fingerprint density at radius 2 is 1.88 bits per heavy atom. The highest BCUT2D eigenvalue weighted by Crippen LogP contribution is 2.24. The Labute approximate surface area is 212 Å². The first-order valence-electron chi connectivity index (χ1n) is 10.9. The third-order valence-corrected chi connectivity index (χ3v) is 4.86. The van der Waals surface area contributed by atoms with Crippen molar-refractivity contribution in [1.82, 2.24) is 20.8 Å². The Morgan fingerprint density at radius 3 is 2.55 bits per heavy atom. The molecule has 2 heterocycles. The van der Waals surface area contributed by atoms with Gasteiger partial charge in [0.2, 0.25) is 5.88 Å². The fraction of sp³-hybridized carbons (Fsp3) is 0.375. The van der Waals surface area contributed by atoms with Gasteiger partial charge in [-0.05, 0) is 31.0 Å². The van der Waals surface area contributed by atoms with Crippen LogP contribution < -0.4 is 20.1 Å². The molecule has 3 aromatic rings. The molecule has 1 aromatic carbocycles. The molecule has 0 aliphatic heterocycles. The van der Waals surface area contributed by atoms with Gasteiger partial charge in [-0.15, -0.1) is 24.0 Å². The van der Waals surface area contributed by atoms with Crippen molar-refractivity contribution in [3.05, 3.63) is 65.2 Å². The van der Waals surface area contributed by atoms with Gasteiger partial charge in [-0.2, -0.15) is 0 Å². The highest BCUT2D eigenvalue weighted by Gasteiger charge is 2.13. The van der Waals surface area contributed by atoms with Crippen molar-refractivity contribution < 1.29 is 14.0 Å². The summed E-state index contributed by atoms with van der Waals surface area (Å²) in [6, 6.07) is 11.2. The summed E-state index contributed by atoms with van der Waals surface area (Å²) in [5.74, 6) is 3.58. The summed E-state index contributed by atoms with van der Waals surface area (Å²) in [6.45, 7) is 8.06. The Balaban J connectivity index is 0.00000385. The van der Waals surface area contributed by atoms with E-state index < -0.39 is 0 Å². The molecule has 3 rings (SSSR count). The second-order valence-corrected chi connectivity index (χ2v) is 7.07. The number of nitrogens with one attached hydrogen (secondary N) is 2. The van der Waals surface area contributed by atoms with E-state index in [1.807, 2.05) is 43.3 Å². The minimum absolute atomic E-state index is 0. The molecule has 9 heteroatoms. The van der Waals surface area contributed by atoms with Gasteiger partial charge in [-0.1, -0.05) is 31.1 Å². The normalized spacial score (nSPS) is 11.0. The summed E-state index contributed by atoms with van der Waals surface area (Å²) in [5.41, 5.74) is 3.08. The van der Waals surface area contributed by atoms with Crippen molar-refractivity contribution in [3.63, 3.8) is 0 Å². The van der Waals surface area contributed by atoms with E-state index in [0.717, 1.165) is 53.7 Å². The molecule has 0 aliphatic carbocycles. The van der Waals surface area contributed by atoms with Crippen molar-refractivity contribution in [3.8, 4) is 17.4 Å². The molecule has 33 heavy (non-hydrogen) atoms. The number of benzene rings is 1. The average molecular weight is 565 g/mol. The maximum Gasteiger partial charge on any atom is 0.219 e. The van der Waals surface area contributed by atoms with E-state index in [9.17, 15) is 0 Å². The minimum Gasteiger partial charge on any atom is -0.497 e. The molecule has 0 bridgehead atoms. The van der Waals surface area contributed by atoms with Crippen LogP contribution in [-0.4, -0.2) is 29.8 Å². The van der Waals surface area contributed by atoms with Crippen LogP contribution in [0.4, 0.5) is 0 Å². The second kappa shape index (κ2) is 13.7. The maximum atomic E-state index is 5.80. The van der Waals surface area contributed by atoms with Crippen molar-refractivity contribution in [2.24, 2.45) is 4.99 Å². The van der Waals surface area contributed by atoms with Gasteiger partial charge in [-0.25, -0.2) is 9.98 Å². The van der Waals surface area contributed by atoms with Gasteiger partial charge in [0.1, 0.15) is 17.3 Å². The summed E-state index contributed by atoms with van der Waals surface area (Å²) in [4.78, 5) is 9.07. The van der Waals surface area contributed by atoms with Crippen molar-refractivity contribution >= 4 is 29.9 Å². The van der Waals surface area contributed by atoms with Gasteiger partial charge in [-0.3, -0.25) is 0 Å². The number of aromatic nitrogens is 2. The first-order valence-corrected chi connectivity index (χ1v) is 10.9. The molecule has 2 aromatic heterocycles. The zero-order valence-electron chi connectivity index (χ0n) is 19.6. The number of aryl methyl sites for hydroxylation is 2. The molecule has 0 amide bonds. The lowest BCUT2D eigenvalue weighted by Crippen LogP contribution is -2.37. The number of rotatable bonds is 10. The molecule has 0 saturated carbocycles. The standard InChI is InChI=1S/C24H31N5O3.HI/c1-5-21-20(22(6-2)32-29-21)16-28-24(25-7-3)27-15-17-11-12-23(26-14-17)31-19-10-8-9-18(13-19)30-4;/h8-14H,5-7,15-16H2,1-4H3,(H2,25,27,28);1H. The largest absolute Gasteiger partial charge is 0.497 e. The van der Waals surface area contributed by atoms with Crippen LogP contribution in [0, 0.1) is 0 Å². The van der Waals surface area contributed by atoms with Crippen molar-refractivity contribution in [1.29, 1.82) is 0 Å². The molecular formula is C24H32IN5O3. The number of hydrogen-bond acceptors (Lipinski definition) is 6. The third-order valence-electron chi connectivity index (χ3n) is 4.86. The Kier molecular flexibility index (Phi) is 10.9. The summed E-state index contributed by atoms with van der Waals surface area (Å²) < 4.78 is 16.5. The Morgan fingerprint density at radius 1 is 1.06 bits per heavy atom.